The predicted octanol–water partition coefficient (Wildman–Crippen LogP) is 2.95. The zero-order chi connectivity index (χ0) is 14.0. The molecule has 19 heavy (non-hydrogen) atoms. The highest BCUT2D eigenvalue weighted by atomic mass is 35.5. The first-order valence-electron chi connectivity index (χ1n) is 5.93. The molecule has 0 aliphatic heterocycles. The van der Waals surface area contributed by atoms with Crippen LogP contribution in [0.1, 0.15) is 12.8 Å². The molecule has 2 rings (SSSR count). The SMILES string of the molecule is C=C1C[C@H](C(=O)O)[C@@H](C(=O)Nc2ccc(Cl)cc2)C1. The van der Waals surface area contributed by atoms with Gasteiger partial charge in [0.25, 0.3) is 0 Å². The summed E-state index contributed by atoms with van der Waals surface area (Å²) >= 11 is 5.76. The summed E-state index contributed by atoms with van der Waals surface area (Å²) in [6.45, 7) is 3.78. The zero-order valence-electron chi connectivity index (χ0n) is 10.2. The minimum atomic E-state index is -0.949. The van der Waals surface area contributed by atoms with E-state index < -0.39 is 17.8 Å². The fourth-order valence-electron chi connectivity index (χ4n) is 2.29. The van der Waals surface area contributed by atoms with Crippen molar-refractivity contribution in [3.05, 3.63) is 41.4 Å². The molecule has 0 bridgehead atoms. The molecule has 0 radical (unpaired) electrons. The van der Waals surface area contributed by atoms with E-state index in [4.69, 9.17) is 16.7 Å². The number of rotatable bonds is 3. The number of carboxylic acids is 1. The number of benzene rings is 1. The van der Waals surface area contributed by atoms with Crippen molar-refractivity contribution in [1.82, 2.24) is 0 Å². The average Bonchev–Trinajstić information content (AvgIpc) is 2.74. The molecule has 4 nitrogen and oxygen atoms in total. The number of aliphatic carboxylic acids is 1. The van der Waals surface area contributed by atoms with Gasteiger partial charge in [-0.2, -0.15) is 0 Å². The molecular formula is C14H14ClNO3. The van der Waals surface area contributed by atoms with Crippen molar-refractivity contribution in [2.45, 2.75) is 12.8 Å². The molecule has 1 fully saturated rings. The van der Waals surface area contributed by atoms with Crippen molar-refractivity contribution in [3.63, 3.8) is 0 Å². The second-order valence-corrected chi connectivity index (χ2v) is 5.14. The standard InChI is InChI=1S/C14H14ClNO3/c1-8-6-11(12(7-8)14(18)19)13(17)16-10-4-2-9(15)3-5-10/h2-5,11-12H,1,6-7H2,(H,16,17)(H,18,19)/t11-,12-/m0/s1. The smallest absolute Gasteiger partial charge is 0.307 e. The minimum Gasteiger partial charge on any atom is -0.481 e. The lowest BCUT2D eigenvalue weighted by Gasteiger charge is -2.15. The van der Waals surface area contributed by atoms with Crippen LogP contribution >= 0.6 is 11.6 Å². The van der Waals surface area contributed by atoms with Crippen LogP contribution in [0.25, 0.3) is 0 Å². The van der Waals surface area contributed by atoms with Crippen LogP contribution in [0.4, 0.5) is 5.69 Å². The number of carbonyl (C=O) groups excluding carboxylic acids is 1. The molecule has 1 saturated carbocycles. The number of nitrogens with one attached hydrogen (secondary N) is 1. The number of hydrogen-bond acceptors (Lipinski definition) is 2. The number of amides is 1. The van der Waals surface area contributed by atoms with Crippen LogP contribution in [0.15, 0.2) is 36.4 Å². The summed E-state index contributed by atoms with van der Waals surface area (Å²) in [5.41, 5.74) is 1.42. The fraction of sp³-hybridized carbons (Fsp3) is 0.286. The van der Waals surface area contributed by atoms with E-state index in [-0.39, 0.29) is 5.91 Å². The molecule has 1 amide bonds. The third kappa shape index (κ3) is 3.15. The van der Waals surface area contributed by atoms with E-state index in [0.717, 1.165) is 5.57 Å². The van der Waals surface area contributed by atoms with Gasteiger partial charge in [-0.15, -0.1) is 0 Å². The van der Waals surface area contributed by atoms with Crippen LogP contribution in [-0.2, 0) is 9.59 Å². The van der Waals surface area contributed by atoms with E-state index >= 15 is 0 Å². The molecule has 0 unspecified atom stereocenters. The van der Waals surface area contributed by atoms with Crippen LogP contribution in [0.3, 0.4) is 0 Å². The summed E-state index contributed by atoms with van der Waals surface area (Å²) in [6.07, 6.45) is 0.796. The first kappa shape index (κ1) is 13.6. The Balaban J connectivity index is 2.08. The van der Waals surface area contributed by atoms with Crippen molar-refractivity contribution in [3.8, 4) is 0 Å². The lowest BCUT2D eigenvalue weighted by molar-refractivity contribution is -0.145. The highest BCUT2D eigenvalue weighted by Gasteiger charge is 2.39. The van der Waals surface area contributed by atoms with Crippen LogP contribution < -0.4 is 5.32 Å². The van der Waals surface area contributed by atoms with E-state index in [1.807, 2.05) is 0 Å². The summed E-state index contributed by atoms with van der Waals surface area (Å²) < 4.78 is 0. The third-order valence-corrected chi connectivity index (χ3v) is 3.52. The van der Waals surface area contributed by atoms with Gasteiger partial charge in [-0.3, -0.25) is 9.59 Å². The average molecular weight is 280 g/mol. The van der Waals surface area contributed by atoms with E-state index in [2.05, 4.69) is 11.9 Å². The number of allylic oxidation sites excluding steroid dienone is 1. The maximum Gasteiger partial charge on any atom is 0.307 e. The Bertz CT molecular complexity index is 524. The van der Waals surface area contributed by atoms with Gasteiger partial charge in [0.2, 0.25) is 5.91 Å². The van der Waals surface area contributed by atoms with Crippen LogP contribution in [-0.4, -0.2) is 17.0 Å². The molecule has 100 valence electrons. The van der Waals surface area contributed by atoms with Crippen molar-refractivity contribution < 1.29 is 14.7 Å². The minimum absolute atomic E-state index is 0.284. The third-order valence-electron chi connectivity index (χ3n) is 3.27. The maximum atomic E-state index is 12.1. The molecule has 1 aliphatic rings. The van der Waals surface area contributed by atoms with Gasteiger partial charge in [0.1, 0.15) is 0 Å². The van der Waals surface area contributed by atoms with Gasteiger partial charge in [-0.1, -0.05) is 23.8 Å². The second-order valence-electron chi connectivity index (χ2n) is 4.71. The maximum absolute atomic E-state index is 12.1. The molecule has 1 aromatic carbocycles. The molecule has 0 spiro atoms. The molecule has 2 N–H and O–H groups in total. The van der Waals surface area contributed by atoms with Gasteiger partial charge in [-0.05, 0) is 37.1 Å². The van der Waals surface area contributed by atoms with E-state index in [1.165, 1.54) is 0 Å². The number of carbonyl (C=O) groups is 2. The quantitative estimate of drug-likeness (QED) is 0.836. The molecule has 0 heterocycles. The Morgan fingerprint density at radius 3 is 2.37 bits per heavy atom. The molecule has 1 aliphatic carbocycles. The lowest BCUT2D eigenvalue weighted by Crippen LogP contribution is -2.29. The summed E-state index contributed by atoms with van der Waals surface area (Å²) in [5, 5.41) is 12.4. The number of carboxylic acid groups (broad SMARTS) is 1. The number of halogens is 1. The van der Waals surface area contributed by atoms with E-state index in [0.29, 0.717) is 23.6 Å². The molecule has 2 atom stereocenters. The monoisotopic (exact) mass is 279 g/mol. The van der Waals surface area contributed by atoms with Gasteiger partial charge in [0, 0.05) is 10.7 Å². The Morgan fingerprint density at radius 2 is 1.79 bits per heavy atom. The molecule has 5 heteroatoms. The van der Waals surface area contributed by atoms with Crippen molar-refractivity contribution in [1.29, 1.82) is 0 Å². The van der Waals surface area contributed by atoms with Crippen molar-refractivity contribution >= 4 is 29.2 Å². The largest absolute Gasteiger partial charge is 0.481 e. The van der Waals surface area contributed by atoms with Gasteiger partial charge >= 0.3 is 5.97 Å². The highest BCUT2D eigenvalue weighted by molar-refractivity contribution is 6.30. The summed E-state index contributed by atoms with van der Waals surface area (Å²) in [6, 6.07) is 6.69. The zero-order valence-corrected chi connectivity index (χ0v) is 11.0. The van der Waals surface area contributed by atoms with Crippen molar-refractivity contribution in [2.24, 2.45) is 11.8 Å². The topological polar surface area (TPSA) is 66.4 Å². The fourth-order valence-corrected chi connectivity index (χ4v) is 2.42. The van der Waals surface area contributed by atoms with Crippen LogP contribution in [0, 0.1) is 11.8 Å². The van der Waals surface area contributed by atoms with E-state index in [9.17, 15) is 9.59 Å². The second kappa shape index (κ2) is 5.45. The summed E-state index contributed by atoms with van der Waals surface area (Å²) in [5.74, 6) is -2.47. The molecule has 0 aromatic heterocycles. The van der Waals surface area contributed by atoms with Gasteiger partial charge < -0.3 is 10.4 Å². The van der Waals surface area contributed by atoms with Gasteiger partial charge in [0.05, 0.1) is 11.8 Å². The van der Waals surface area contributed by atoms with Gasteiger partial charge in [0.15, 0.2) is 0 Å². The number of anilines is 1. The van der Waals surface area contributed by atoms with E-state index in [1.54, 1.807) is 24.3 Å². The highest BCUT2D eigenvalue weighted by Crippen LogP contribution is 2.36. The Kier molecular flexibility index (Phi) is 3.90. The molecular weight excluding hydrogens is 266 g/mol. The first-order valence-corrected chi connectivity index (χ1v) is 6.31. The molecule has 1 aromatic rings. The number of hydrogen-bond donors (Lipinski definition) is 2. The first-order chi connectivity index (χ1) is 8.97. The summed E-state index contributed by atoms with van der Waals surface area (Å²) in [7, 11) is 0. The van der Waals surface area contributed by atoms with Crippen LogP contribution in [0.5, 0.6) is 0 Å². The lowest BCUT2D eigenvalue weighted by atomic mass is 9.95. The van der Waals surface area contributed by atoms with Crippen LogP contribution in [0.2, 0.25) is 5.02 Å². The Morgan fingerprint density at radius 1 is 1.21 bits per heavy atom. The van der Waals surface area contributed by atoms with Gasteiger partial charge in [-0.25, -0.2) is 0 Å². The normalized spacial score (nSPS) is 22.3. The van der Waals surface area contributed by atoms with Crippen molar-refractivity contribution in [2.75, 3.05) is 5.32 Å². The Labute approximate surface area is 116 Å². The molecule has 0 saturated heterocycles. The summed E-state index contributed by atoms with van der Waals surface area (Å²) in [4.78, 5) is 23.2. The predicted molar refractivity (Wildman–Crippen MR) is 73.1 cm³/mol. The Hall–Kier alpha value is -1.81.